The highest BCUT2D eigenvalue weighted by molar-refractivity contribution is 7.02. The van der Waals surface area contributed by atoms with E-state index in [4.69, 9.17) is 0 Å². The van der Waals surface area contributed by atoms with Gasteiger partial charge in [0.25, 0.3) is 0 Å². The maximum absolute atomic E-state index is 2.61. The van der Waals surface area contributed by atoms with Gasteiger partial charge in [-0.1, -0.05) is 136 Å². The highest BCUT2D eigenvalue weighted by Gasteiger charge is 2.44. The largest absolute Gasteiger partial charge is 0.313 e. The zero-order chi connectivity index (χ0) is 31.0. The van der Waals surface area contributed by atoms with E-state index >= 15 is 0 Å². The molecule has 0 radical (unpaired) electrons. The summed E-state index contributed by atoms with van der Waals surface area (Å²) in [5, 5.41) is 0. The Kier molecular flexibility index (Phi) is 6.43. The van der Waals surface area contributed by atoms with E-state index in [1.807, 2.05) is 0 Å². The molecule has 6 aromatic rings. The predicted octanol–water partition coefficient (Wildman–Crippen LogP) is 6.33. The number of aryl methyl sites for hydroxylation is 6. The van der Waals surface area contributed by atoms with Crippen LogP contribution in [0.25, 0.3) is 11.1 Å². The van der Waals surface area contributed by atoms with Gasteiger partial charge in [0, 0.05) is 17.1 Å². The molecule has 0 spiro atoms. The van der Waals surface area contributed by atoms with Crippen LogP contribution in [0.1, 0.15) is 33.4 Å². The minimum atomic E-state index is 0.125. The quantitative estimate of drug-likeness (QED) is 0.222. The Morgan fingerprint density at radius 2 is 0.844 bits per heavy atom. The van der Waals surface area contributed by atoms with E-state index in [9.17, 15) is 0 Å². The fourth-order valence-corrected chi connectivity index (χ4v) is 8.25. The van der Waals surface area contributed by atoms with Crippen LogP contribution in [0, 0.1) is 41.5 Å². The Bertz CT molecular complexity index is 1980. The van der Waals surface area contributed by atoms with E-state index in [-0.39, 0.29) is 13.4 Å². The standard InChI is InChI=1S/C42H37B2N/c1-26-18-20-34-38(22-26)45-39-23-27(2)19-21-35(39)44(41-30(5)14-11-15-31(41)6)37-25-33(32-16-8-7-9-17-32)24-36(42(37)45)43(34)40-28(3)12-10-13-29(40)4/h7-25H,1-6H3. The number of anilines is 3. The van der Waals surface area contributed by atoms with Crippen molar-refractivity contribution in [3.05, 3.63) is 149 Å². The number of hydrogen-bond donors (Lipinski definition) is 0. The number of nitrogens with zero attached hydrogens (tertiary/aromatic N) is 1. The fraction of sp³-hybridized carbons (Fsp3) is 0.143. The Balaban J connectivity index is 1.56. The van der Waals surface area contributed by atoms with E-state index in [2.05, 4.69) is 162 Å². The van der Waals surface area contributed by atoms with Crippen molar-refractivity contribution in [1.29, 1.82) is 0 Å². The summed E-state index contributed by atoms with van der Waals surface area (Å²) in [6.07, 6.45) is 0. The van der Waals surface area contributed by atoms with Crippen molar-refractivity contribution in [2.45, 2.75) is 41.5 Å². The second-order valence-electron chi connectivity index (χ2n) is 13.3. The van der Waals surface area contributed by atoms with Crippen LogP contribution in [-0.4, -0.2) is 13.4 Å². The molecule has 45 heavy (non-hydrogen) atoms. The molecule has 0 aromatic heterocycles. The average molecular weight is 577 g/mol. The van der Waals surface area contributed by atoms with Gasteiger partial charge < -0.3 is 4.90 Å². The molecule has 3 heteroatoms. The van der Waals surface area contributed by atoms with Crippen molar-refractivity contribution in [2.75, 3.05) is 4.90 Å². The number of rotatable bonds is 3. The van der Waals surface area contributed by atoms with Crippen molar-refractivity contribution in [3.8, 4) is 11.1 Å². The van der Waals surface area contributed by atoms with Crippen LogP contribution in [0.15, 0.2) is 115 Å². The van der Waals surface area contributed by atoms with Crippen LogP contribution in [-0.2, 0) is 0 Å². The lowest BCUT2D eigenvalue weighted by Crippen LogP contribution is -2.66. The highest BCUT2D eigenvalue weighted by Crippen LogP contribution is 2.39. The zero-order valence-electron chi connectivity index (χ0n) is 27.1. The average Bonchev–Trinajstić information content (AvgIpc) is 3.03. The van der Waals surface area contributed by atoms with Crippen molar-refractivity contribution in [2.24, 2.45) is 0 Å². The number of fused-ring (bicyclic) bond motifs is 4. The number of benzene rings is 6. The molecule has 0 aliphatic carbocycles. The molecule has 0 atom stereocenters. The predicted molar refractivity (Wildman–Crippen MR) is 197 cm³/mol. The number of hydrogen-bond acceptors (Lipinski definition) is 1. The lowest BCUT2D eigenvalue weighted by atomic mass is 9.29. The molecule has 0 saturated carbocycles. The van der Waals surface area contributed by atoms with Gasteiger partial charge in [0.05, 0.1) is 0 Å². The summed E-state index contributed by atoms with van der Waals surface area (Å²) >= 11 is 0. The van der Waals surface area contributed by atoms with Crippen molar-refractivity contribution in [3.63, 3.8) is 0 Å². The van der Waals surface area contributed by atoms with Gasteiger partial charge in [-0.25, -0.2) is 0 Å². The van der Waals surface area contributed by atoms with Gasteiger partial charge in [-0.2, -0.15) is 0 Å². The fourth-order valence-electron chi connectivity index (χ4n) is 8.25. The van der Waals surface area contributed by atoms with Gasteiger partial charge in [0.1, 0.15) is 0 Å². The SMILES string of the molecule is Cc1ccc2c(c1)N1c3cc(C)ccc3B(c3c(C)cccc3C)c3cc(-c4ccccc4)cc(c31)B2c1c(C)cccc1C. The molecule has 0 unspecified atom stereocenters. The van der Waals surface area contributed by atoms with E-state index in [1.54, 1.807) is 0 Å². The molecule has 2 heterocycles. The Morgan fingerprint density at radius 1 is 0.400 bits per heavy atom. The van der Waals surface area contributed by atoms with E-state index < -0.39 is 0 Å². The molecular formula is C42H37B2N. The molecule has 0 N–H and O–H groups in total. The molecule has 216 valence electrons. The molecule has 2 aliphatic heterocycles. The van der Waals surface area contributed by atoms with E-state index in [1.165, 1.54) is 94.3 Å². The molecule has 0 saturated heterocycles. The first kappa shape index (κ1) is 27.8. The van der Waals surface area contributed by atoms with Crippen LogP contribution in [0.3, 0.4) is 0 Å². The first-order chi connectivity index (χ1) is 21.8. The van der Waals surface area contributed by atoms with Crippen LogP contribution >= 0.6 is 0 Å². The second-order valence-corrected chi connectivity index (χ2v) is 13.3. The first-order valence-corrected chi connectivity index (χ1v) is 16.2. The van der Waals surface area contributed by atoms with Gasteiger partial charge in [-0.15, -0.1) is 0 Å². The molecule has 0 amide bonds. The summed E-state index contributed by atoms with van der Waals surface area (Å²) < 4.78 is 0. The van der Waals surface area contributed by atoms with Crippen LogP contribution in [0.5, 0.6) is 0 Å². The van der Waals surface area contributed by atoms with Crippen LogP contribution in [0.4, 0.5) is 17.1 Å². The Hall–Kier alpha value is -4.75. The summed E-state index contributed by atoms with van der Waals surface area (Å²) in [6, 6.07) is 43.7. The lowest BCUT2D eigenvalue weighted by Gasteiger charge is -2.45. The normalized spacial score (nSPS) is 13.0. The van der Waals surface area contributed by atoms with Crippen molar-refractivity contribution in [1.82, 2.24) is 0 Å². The minimum absolute atomic E-state index is 0.125. The Morgan fingerprint density at radius 3 is 1.29 bits per heavy atom. The third kappa shape index (κ3) is 4.25. The third-order valence-corrected chi connectivity index (χ3v) is 10.3. The highest BCUT2D eigenvalue weighted by atomic mass is 15.2. The Labute approximate surface area is 268 Å². The minimum Gasteiger partial charge on any atom is -0.313 e. The molecule has 0 bridgehead atoms. The smallest absolute Gasteiger partial charge is 0.247 e. The topological polar surface area (TPSA) is 3.24 Å². The van der Waals surface area contributed by atoms with Gasteiger partial charge in [-0.3, -0.25) is 0 Å². The summed E-state index contributed by atoms with van der Waals surface area (Å²) in [4.78, 5) is 2.61. The van der Waals surface area contributed by atoms with Crippen LogP contribution in [0.2, 0.25) is 0 Å². The van der Waals surface area contributed by atoms with Gasteiger partial charge in [-0.05, 0) is 97.8 Å². The zero-order valence-corrected chi connectivity index (χ0v) is 27.1. The molecule has 2 aliphatic rings. The van der Waals surface area contributed by atoms with Crippen molar-refractivity contribution >= 4 is 63.3 Å². The monoisotopic (exact) mass is 577 g/mol. The van der Waals surface area contributed by atoms with Crippen LogP contribution < -0.4 is 37.7 Å². The first-order valence-electron chi connectivity index (χ1n) is 16.2. The van der Waals surface area contributed by atoms with E-state index in [0.717, 1.165) is 0 Å². The van der Waals surface area contributed by atoms with E-state index in [0.29, 0.717) is 0 Å². The molecule has 1 nitrogen and oxygen atoms in total. The molecule has 0 fully saturated rings. The molecule has 8 rings (SSSR count). The summed E-state index contributed by atoms with van der Waals surface area (Å²) in [5.41, 5.74) is 22.8. The lowest BCUT2D eigenvalue weighted by molar-refractivity contribution is 1.27. The maximum Gasteiger partial charge on any atom is 0.247 e. The molecule has 6 aromatic carbocycles. The summed E-state index contributed by atoms with van der Waals surface area (Å²) in [6.45, 7) is 13.8. The maximum atomic E-state index is 2.61. The summed E-state index contributed by atoms with van der Waals surface area (Å²) in [5.74, 6) is 0. The van der Waals surface area contributed by atoms with Crippen molar-refractivity contribution < 1.29 is 0 Å². The second kappa shape index (κ2) is 10.4. The van der Waals surface area contributed by atoms with Gasteiger partial charge in [0.2, 0.25) is 13.4 Å². The van der Waals surface area contributed by atoms with Gasteiger partial charge >= 0.3 is 0 Å². The molecular weight excluding hydrogens is 540 g/mol. The van der Waals surface area contributed by atoms with Gasteiger partial charge in [0.15, 0.2) is 0 Å². The third-order valence-electron chi connectivity index (χ3n) is 10.3. The summed E-state index contributed by atoms with van der Waals surface area (Å²) in [7, 11) is 0.